The lowest BCUT2D eigenvalue weighted by Crippen LogP contribution is -2.24. The largest absolute Gasteiger partial charge is 0.477 e. The van der Waals surface area contributed by atoms with Gasteiger partial charge in [0, 0.05) is 23.9 Å². The van der Waals surface area contributed by atoms with Crippen LogP contribution >= 0.6 is 0 Å². The highest BCUT2D eigenvalue weighted by atomic mass is 19.1. The molecule has 9 heteroatoms. The number of aromatic carboxylic acids is 1. The molecule has 1 atom stereocenters. The average molecular weight is 461 g/mol. The fourth-order valence-corrected chi connectivity index (χ4v) is 3.24. The first-order valence-electron chi connectivity index (χ1n) is 10.8. The van der Waals surface area contributed by atoms with E-state index in [2.05, 4.69) is 4.98 Å². The van der Waals surface area contributed by atoms with Crippen LogP contribution in [0.25, 0.3) is 11.1 Å². The molecular formula is C24H28FNO7. The second kappa shape index (κ2) is 10.7. The molecule has 0 saturated carbocycles. The van der Waals surface area contributed by atoms with Gasteiger partial charge in [0.05, 0.1) is 12.2 Å². The van der Waals surface area contributed by atoms with Gasteiger partial charge in [0.1, 0.15) is 23.6 Å². The Kier molecular flexibility index (Phi) is 7.99. The van der Waals surface area contributed by atoms with Crippen LogP contribution in [-0.2, 0) is 14.2 Å². The van der Waals surface area contributed by atoms with E-state index in [1.165, 1.54) is 24.4 Å². The Bertz CT molecular complexity index is 997. The minimum Gasteiger partial charge on any atom is -0.477 e. The maximum Gasteiger partial charge on any atom is 0.341 e. The van der Waals surface area contributed by atoms with Gasteiger partial charge in [0.15, 0.2) is 6.29 Å². The molecule has 1 aromatic carbocycles. The zero-order valence-electron chi connectivity index (χ0n) is 18.9. The lowest BCUT2D eigenvalue weighted by molar-refractivity contribution is -0.165. The van der Waals surface area contributed by atoms with Crippen molar-refractivity contribution >= 4 is 11.9 Å². The number of pyridine rings is 1. The molecule has 1 aliphatic rings. The Morgan fingerprint density at radius 3 is 2.67 bits per heavy atom. The molecule has 0 radical (unpaired) electrons. The number of carbonyl (C=O) groups excluding carboxylic acids is 1. The van der Waals surface area contributed by atoms with Crippen LogP contribution in [0.3, 0.4) is 0 Å². The lowest BCUT2D eigenvalue weighted by Gasteiger charge is -2.22. The van der Waals surface area contributed by atoms with Gasteiger partial charge in [-0.3, -0.25) is 0 Å². The summed E-state index contributed by atoms with van der Waals surface area (Å²) in [6.07, 6.45) is 3.86. The zero-order chi connectivity index (χ0) is 24.0. The van der Waals surface area contributed by atoms with Crippen LogP contribution in [0.4, 0.5) is 4.39 Å². The van der Waals surface area contributed by atoms with E-state index < -0.39 is 23.4 Å². The molecule has 8 nitrogen and oxygen atoms in total. The second-order valence-corrected chi connectivity index (χ2v) is 8.59. The van der Waals surface area contributed by atoms with E-state index in [1.54, 1.807) is 20.8 Å². The summed E-state index contributed by atoms with van der Waals surface area (Å²) >= 11 is 0. The monoisotopic (exact) mass is 461 g/mol. The van der Waals surface area contributed by atoms with Gasteiger partial charge < -0.3 is 24.1 Å². The number of rotatable bonds is 8. The number of carboxylic acids is 1. The predicted molar refractivity (Wildman–Crippen MR) is 117 cm³/mol. The molecule has 178 valence electrons. The number of carboxylic acid groups (broad SMARTS) is 1. The van der Waals surface area contributed by atoms with Crippen molar-refractivity contribution < 1.29 is 38.0 Å². The van der Waals surface area contributed by atoms with Crippen LogP contribution in [-0.4, -0.2) is 53.7 Å². The Morgan fingerprint density at radius 1 is 1.21 bits per heavy atom. The molecule has 0 amide bonds. The van der Waals surface area contributed by atoms with Gasteiger partial charge in [0.2, 0.25) is 5.88 Å². The minimum atomic E-state index is -1.28. The number of aromatic nitrogens is 1. The van der Waals surface area contributed by atoms with E-state index >= 15 is 0 Å². The summed E-state index contributed by atoms with van der Waals surface area (Å²) in [5.74, 6) is -2.63. The predicted octanol–water partition coefficient (Wildman–Crippen LogP) is 4.46. The third kappa shape index (κ3) is 6.97. The molecule has 2 heterocycles. The smallest absolute Gasteiger partial charge is 0.341 e. The number of hydrogen-bond acceptors (Lipinski definition) is 7. The second-order valence-electron chi connectivity index (χ2n) is 8.59. The standard InChI is InChI=1S/C24H28FNO7/c1-24(2,3)33-23(29)15-7-8-19(25)17(12-15)16-13-18(22(27)28)21(26-14-16)32-11-10-31-20-6-4-5-9-30-20/h7-8,12-14,20H,4-6,9-11H2,1-3H3,(H,27,28). The Balaban J connectivity index is 1.75. The van der Waals surface area contributed by atoms with Crippen molar-refractivity contribution in [2.24, 2.45) is 0 Å². The van der Waals surface area contributed by atoms with Crippen molar-refractivity contribution in [3.05, 3.63) is 47.4 Å². The van der Waals surface area contributed by atoms with Crippen molar-refractivity contribution in [3.8, 4) is 17.0 Å². The fourth-order valence-electron chi connectivity index (χ4n) is 3.24. The summed E-state index contributed by atoms with van der Waals surface area (Å²) in [7, 11) is 0. The number of benzene rings is 1. The van der Waals surface area contributed by atoms with Gasteiger partial charge in [-0.2, -0.15) is 0 Å². The van der Waals surface area contributed by atoms with Gasteiger partial charge >= 0.3 is 11.9 Å². The summed E-state index contributed by atoms with van der Waals surface area (Å²) in [5, 5.41) is 9.60. The van der Waals surface area contributed by atoms with Crippen molar-refractivity contribution in [2.75, 3.05) is 19.8 Å². The first kappa shape index (κ1) is 24.6. The fraction of sp³-hybridized carbons (Fsp3) is 0.458. The van der Waals surface area contributed by atoms with Gasteiger partial charge in [0.25, 0.3) is 0 Å². The summed E-state index contributed by atoms with van der Waals surface area (Å²) in [6.45, 7) is 6.12. The maximum absolute atomic E-state index is 14.5. The van der Waals surface area contributed by atoms with Gasteiger partial charge in [-0.15, -0.1) is 0 Å². The number of hydrogen-bond donors (Lipinski definition) is 1. The van der Waals surface area contributed by atoms with E-state index in [0.29, 0.717) is 6.61 Å². The molecule has 1 fully saturated rings. The SMILES string of the molecule is CC(C)(C)OC(=O)c1ccc(F)c(-c2cnc(OCCOC3CCCCO3)c(C(=O)O)c2)c1. The highest BCUT2D eigenvalue weighted by Crippen LogP contribution is 2.28. The quantitative estimate of drug-likeness (QED) is 0.454. The maximum atomic E-state index is 14.5. The van der Waals surface area contributed by atoms with Gasteiger partial charge in [-0.1, -0.05) is 0 Å². The first-order chi connectivity index (χ1) is 15.6. The normalized spacial score (nSPS) is 16.3. The van der Waals surface area contributed by atoms with Crippen LogP contribution in [0.15, 0.2) is 30.5 Å². The van der Waals surface area contributed by atoms with E-state index in [0.717, 1.165) is 25.3 Å². The van der Waals surface area contributed by atoms with Crippen molar-refractivity contribution in [2.45, 2.75) is 51.9 Å². The number of esters is 1. The van der Waals surface area contributed by atoms with E-state index in [1.807, 2.05) is 0 Å². The zero-order valence-corrected chi connectivity index (χ0v) is 18.9. The summed E-state index contributed by atoms with van der Waals surface area (Å²) in [4.78, 5) is 28.2. The highest BCUT2D eigenvalue weighted by Gasteiger charge is 2.21. The van der Waals surface area contributed by atoms with Crippen molar-refractivity contribution in [1.29, 1.82) is 0 Å². The number of ether oxygens (including phenoxy) is 4. The lowest BCUT2D eigenvalue weighted by atomic mass is 10.0. The highest BCUT2D eigenvalue weighted by molar-refractivity contribution is 5.93. The molecule has 0 spiro atoms. The first-order valence-corrected chi connectivity index (χ1v) is 10.8. The summed E-state index contributed by atoms with van der Waals surface area (Å²) in [5.41, 5.74) is -0.591. The minimum absolute atomic E-state index is 0.0256. The molecule has 0 bridgehead atoms. The molecule has 1 N–H and O–H groups in total. The van der Waals surface area contributed by atoms with Crippen LogP contribution in [0.2, 0.25) is 0 Å². The van der Waals surface area contributed by atoms with Gasteiger partial charge in [-0.25, -0.2) is 19.0 Å². The Labute approximate surface area is 191 Å². The molecular weight excluding hydrogens is 433 g/mol. The molecule has 1 aliphatic heterocycles. The number of carbonyl (C=O) groups is 2. The Morgan fingerprint density at radius 2 is 2.00 bits per heavy atom. The van der Waals surface area contributed by atoms with Crippen LogP contribution < -0.4 is 4.74 Å². The van der Waals surface area contributed by atoms with Crippen LogP contribution in [0, 0.1) is 5.82 Å². The van der Waals surface area contributed by atoms with E-state index in [9.17, 15) is 19.1 Å². The molecule has 1 unspecified atom stereocenters. The van der Waals surface area contributed by atoms with E-state index in [4.69, 9.17) is 18.9 Å². The molecule has 0 aliphatic carbocycles. The third-order valence-electron chi connectivity index (χ3n) is 4.76. The van der Waals surface area contributed by atoms with Crippen molar-refractivity contribution in [1.82, 2.24) is 4.98 Å². The van der Waals surface area contributed by atoms with E-state index in [-0.39, 0.29) is 47.6 Å². The third-order valence-corrected chi connectivity index (χ3v) is 4.76. The van der Waals surface area contributed by atoms with Crippen LogP contribution in [0.5, 0.6) is 5.88 Å². The molecule has 2 aromatic rings. The molecule has 33 heavy (non-hydrogen) atoms. The van der Waals surface area contributed by atoms with Crippen LogP contribution in [0.1, 0.15) is 60.7 Å². The summed E-state index contributed by atoms with van der Waals surface area (Å²) in [6, 6.07) is 5.01. The summed E-state index contributed by atoms with van der Waals surface area (Å²) < 4.78 is 36.4. The number of halogens is 1. The number of nitrogens with zero attached hydrogens (tertiary/aromatic N) is 1. The van der Waals surface area contributed by atoms with Crippen molar-refractivity contribution in [3.63, 3.8) is 0 Å². The molecule has 3 rings (SSSR count). The molecule has 1 aromatic heterocycles. The topological polar surface area (TPSA) is 104 Å². The Hall–Kier alpha value is -3.04. The van der Waals surface area contributed by atoms with Gasteiger partial charge in [-0.05, 0) is 64.3 Å². The average Bonchev–Trinajstić information content (AvgIpc) is 2.76. The molecule has 1 saturated heterocycles.